The second kappa shape index (κ2) is 6.62. The lowest BCUT2D eigenvalue weighted by Gasteiger charge is -2.10. The van der Waals surface area contributed by atoms with Crippen LogP contribution in [0.15, 0.2) is 36.4 Å². The van der Waals surface area contributed by atoms with Crippen LogP contribution >= 0.6 is 9.47 Å². The van der Waals surface area contributed by atoms with Crippen LogP contribution in [0.25, 0.3) is 11.1 Å². The molecular formula is C15H11F2O4P. The predicted molar refractivity (Wildman–Crippen MR) is 78.2 cm³/mol. The highest BCUT2D eigenvalue weighted by molar-refractivity contribution is 7.10. The number of ether oxygens (including phenoxy) is 1. The molecule has 4 nitrogen and oxygen atoms in total. The average molecular weight is 324 g/mol. The number of hydrogen-bond acceptors (Lipinski definition) is 4. The van der Waals surface area contributed by atoms with Gasteiger partial charge < -0.3 is 9.26 Å². The van der Waals surface area contributed by atoms with Gasteiger partial charge in [0.2, 0.25) is 0 Å². The molecule has 2 aromatic rings. The fourth-order valence-electron chi connectivity index (χ4n) is 1.89. The van der Waals surface area contributed by atoms with E-state index in [1.807, 2.05) is 0 Å². The standard InChI is InChI=1S/C15H11F2O4P/c1-8(18)20-14-5-2-9(6-12(14)15(19)21-22)11-4-3-10(16)7-13(11)17/h2-7H,22H2,1H3. The monoisotopic (exact) mass is 324 g/mol. The van der Waals surface area contributed by atoms with E-state index >= 15 is 0 Å². The van der Waals surface area contributed by atoms with Gasteiger partial charge in [-0.25, -0.2) is 13.6 Å². The number of esters is 1. The molecule has 0 amide bonds. The van der Waals surface area contributed by atoms with Crippen LogP contribution in [0, 0.1) is 11.6 Å². The van der Waals surface area contributed by atoms with Crippen molar-refractivity contribution in [3.05, 3.63) is 53.6 Å². The first-order valence-corrected chi connectivity index (χ1v) is 6.58. The SMILES string of the molecule is CC(=O)Oc1ccc(-c2ccc(F)cc2F)cc1C(=O)OP. The smallest absolute Gasteiger partial charge is 0.344 e. The Hall–Kier alpha value is -2.33. The summed E-state index contributed by atoms with van der Waals surface area (Å²) in [6.07, 6.45) is 0. The summed E-state index contributed by atoms with van der Waals surface area (Å²) in [5.74, 6) is -2.87. The zero-order chi connectivity index (χ0) is 16.3. The number of benzene rings is 2. The summed E-state index contributed by atoms with van der Waals surface area (Å²) in [4.78, 5) is 22.8. The zero-order valence-electron chi connectivity index (χ0n) is 11.4. The third-order valence-electron chi connectivity index (χ3n) is 2.80. The lowest BCUT2D eigenvalue weighted by atomic mass is 10.0. The van der Waals surface area contributed by atoms with Crippen LogP contribution in [0.3, 0.4) is 0 Å². The molecule has 2 rings (SSSR count). The van der Waals surface area contributed by atoms with Gasteiger partial charge in [-0.15, -0.1) is 0 Å². The first-order valence-electron chi connectivity index (χ1n) is 6.11. The lowest BCUT2D eigenvalue weighted by Crippen LogP contribution is -2.08. The molecule has 0 bridgehead atoms. The molecule has 0 aromatic heterocycles. The van der Waals surface area contributed by atoms with Crippen molar-refractivity contribution in [3.63, 3.8) is 0 Å². The molecule has 7 heteroatoms. The minimum Gasteiger partial charge on any atom is -0.448 e. The van der Waals surface area contributed by atoms with Crippen molar-refractivity contribution in [2.45, 2.75) is 6.92 Å². The lowest BCUT2D eigenvalue weighted by molar-refractivity contribution is -0.131. The van der Waals surface area contributed by atoms with Crippen LogP contribution in [0.1, 0.15) is 17.3 Å². The van der Waals surface area contributed by atoms with Crippen molar-refractivity contribution in [3.8, 4) is 16.9 Å². The molecule has 22 heavy (non-hydrogen) atoms. The Kier molecular flexibility index (Phi) is 4.83. The molecule has 0 saturated carbocycles. The maximum atomic E-state index is 13.8. The van der Waals surface area contributed by atoms with Crippen LogP contribution in [-0.4, -0.2) is 11.9 Å². The van der Waals surface area contributed by atoms with Crippen molar-refractivity contribution in [2.75, 3.05) is 0 Å². The van der Waals surface area contributed by atoms with Gasteiger partial charge in [0.05, 0.1) is 9.47 Å². The van der Waals surface area contributed by atoms with Gasteiger partial charge in [0.1, 0.15) is 22.9 Å². The van der Waals surface area contributed by atoms with Gasteiger partial charge in [-0.05, 0) is 29.8 Å². The third-order valence-corrected chi connectivity index (χ3v) is 3.02. The highest BCUT2D eigenvalue weighted by atomic mass is 31.0. The van der Waals surface area contributed by atoms with Gasteiger partial charge in [-0.2, -0.15) is 0 Å². The van der Waals surface area contributed by atoms with Gasteiger partial charge in [0, 0.05) is 18.6 Å². The first-order chi connectivity index (χ1) is 10.4. The highest BCUT2D eigenvalue weighted by Gasteiger charge is 2.17. The van der Waals surface area contributed by atoms with E-state index in [0.29, 0.717) is 5.56 Å². The average Bonchev–Trinajstić information content (AvgIpc) is 2.46. The third kappa shape index (κ3) is 3.46. The quantitative estimate of drug-likeness (QED) is 0.492. The largest absolute Gasteiger partial charge is 0.448 e. The van der Waals surface area contributed by atoms with Crippen LogP contribution in [-0.2, 0) is 9.32 Å². The molecule has 0 aliphatic heterocycles. The second-order valence-electron chi connectivity index (χ2n) is 4.33. The topological polar surface area (TPSA) is 52.6 Å². The highest BCUT2D eigenvalue weighted by Crippen LogP contribution is 2.29. The molecule has 0 aliphatic rings. The summed E-state index contributed by atoms with van der Waals surface area (Å²) in [7, 11) is 1.78. The fraction of sp³-hybridized carbons (Fsp3) is 0.0667. The summed E-state index contributed by atoms with van der Waals surface area (Å²) >= 11 is 0. The van der Waals surface area contributed by atoms with E-state index < -0.39 is 23.6 Å². The van der Waals surface area contributed by atoms with Gasteiger partial charge in [0.15, 0.2) is 0 Å². The van der Waals surface area contributed by atoms with E-state index in [-0.39, 0.29) is 16.9 Å². The molecule has 1 unspecified atom stereocenters. The van der Waals surface area contributed by atoms with Crippen LogP contribution in [0.4, 0.5) is 8.78 Å². The summed E-state index contributed by atoms with van der Waals surface area (Å²) < 4.78 is 36.2. The Morgan fingerprint density at radius 3 is 2.41 bits per heavy atom. The van der Waals surface area contributed by atoms with E-state index in [1.54, 1.807) is 9.47 Å². The zero-order valence-corrected chi connectivity index (χ0v) is 12.6. The summed E-state index contributed by atoms with van der Waals surface area (Å²) in [5, 5.41) is 0. The van der Waals surface area contributed by atoms with E-state index in [1.165, 1.54) is 31.2 Å². The first kappa shape index (κ1) is 16.0. The predicted octanol–water partition coefficient (Wildman–Crippen LogP) is 3.50. The Labute approximate surface area is 127 Å². The molecule has 0 fully saturated rings. The molecule has 0 N–H and O–H groups in total. The molecule has 0 radical (unpaired) electrons. The number of carbonyl (C=O) groups is 2. The van der Waals surface area contributed by atoms with E-state index in [4.69, 9.17) is 4.74 Å². The van der Waals surface area contributed by atoms with E-state index in [9.17, 15) is 18.4 Å². The van der Waals surface area contributed by atoms with Crippen molar-refractivity contribution < 1.29 is 27.6 Å². The molecule has 0 spiro atoms. The normalized spacial score (nSPS) is 10.2. The maximum Gasteiger partial charge on any atom is 0.344 e. The maximum absolute atomic E-state index is 13.8. The van der Waals surface area contributed by atoms with E-state index in [0.717, 1.165) is 12.1 Å². The summed E-state index contributed by atoms with van der Waals surface area (Å²) in [6.45, 7) is 1.18. The molecule has 2 aromatic carbocycles. The minimum absolute atomic E-state index is 0.00813. The second-order valence-corrected chi connectivity index (χ2v) is 4.57. The Morgan fingerprint density at radius 2 is 1.82 bits per heavy atom. The van der Waals surface area contributed by atoms with Crippen LogP contribution in [0.5, 0.6) is 5.75 Å². The van der Waals surface area contributed by atoms with Crippen molar-refractivity contribution in [1.82, 2.24) is 0 Å². The van der Waals surface area contributed by atoms with Crippen LogP contribution < -0.4 is 4.74 Å². The van der Waals surface area contributed by atoms with Crippen molar-refractivity contribution >= 4 is 21.4 Å². The Morgan fingerprint density at radius 1 is 1.09 bits per heavy atom. The molecule has 0 saturated heterocycles. The van der Waals surface area contributed by atoms with E-state index in [2.05, 4.69) is 4.52 Å². The molecule has 114 valence electrons. The summed E-state index contributed by atoms with van der Waals surface area (Å²) in [5.41, 5.74) is 0.374. The number of halogens is 2. The fourth-order valence-corrected chi connectivity index (χ4v) is 2.01. The molecule has 0 heterocycles. The van der Waals surface area contributed by atoms with Gasteiger partial charge in [0.25, 0.3) is 0 Å². The Bertz CT molecular complexity index is 746. The Balaban J connectivity index is 2.54. The molecular weight excluding hydrogens is 313 g/mol. The van der Waals surface area contributed by atoms with Gasteiger partial charge in [-0.3, -0.25) is 4.79 Å². The molecule has 1 atom stereocenters. The van der Waals surface area contributed by atoms with Crippen molar-refractivity contribution in [1.29, 1.82) is 0 Å². The number of hydrogen-bond donors (Lipinski definition) is 0. The van der Waals surface area contributed by atoms with Gasteiger partial charge >= 0.3 is 11.9 Å². The van der Waals surface area contributed by atoms with Gasteiger partial charge in [-0.1, -0.05) is 6.07 Å². The number of carbonyl (C=O) groups excluding carboxylic acids is 2. The van der Waals surface area contributed by atoms with Crippen molar-refractivity contribution in [2.24, 2.45) is 0 Å². The minimum atomic E-state index is -0.773. The number of rotatable bonds is 3. The van der Waals surface area contributed by atoms with Crippen LogP contribution in [0.2, 0.25) is 0 Å². The molecule has 0 aliphatic carbocycles. The summed E-state index contributed by atoms with van der Waals surface area (Å²) in [6, 6.07) is 7.20.